The summed E-state index contributed by atoms with van der Waals surface area (Å²) in [5.74, 6) is -0.0504. The Bertz CT molecular complexity index is 498. The summed E-state index contributed by atoms with van der Waals surface area (Å²) in [7, 11) is 0. The molecular weight excluding hydrogens is 256 g/mol. The molecule has 1 atom stereocenters. The molecule has 0 radical (unpaired) electrons. The summed E-state index contributed by atoms with van der Waals surface area (Å²) >= 11 is 0. The molecule has 1 aliphatic rings. The van der Waals surface area contributed by atoms with E-state index in [1.165, 1.54) is 0 Å². The van der Waals surface area contributed by atoms with E-state index >= 15 is 0 Å². The molecule has 2 rings (SSSR count). The summed E-state index contributed by atoms with van der Waals surface area (Å²) in [4.78, 5) is 23.2. The Kier molecular flexibility index (Phi) is 4.61. The molecule has 1 aromatic rings. The monoisotopic (exact) mass is 276 g/mol. The summed E-state index contributed by atoms with van der Waals surface area (Å²) in [6.45, 7) is 3.88. The number of carbonyl (C=O) groups excluding carboxylic acids is 2. The normalized spacial score (nSPS) is 15.3. The average Bonchev–Trinajstić information content (AvgIpc) is 3.23. The van der Waals surface area contributed by atoms with Crippen molar-refractivity contribution >= 4 is 23.3 Å². The van der Waals surface area contributed by atoms with Gasteiger partial charge < -0.3 is 15.4 Å². The minimum Gasteiger partial charge on any atom is -0.464 e. The fourth-order valence-corrected chi connectivity index (χ4v) is 1.85. The van der Waals surface area contributed by atoms with E-state index in [1.807, 2.05) is 24.3 Å². The number of anilines is 2. The first kappa shape index (κ1) is 14.4. The van der Waals surface area contributed by atoms with Crippen molar-refractivity contribution in [2.24, 2.45) is 5.92 Å². The lowest BCUT2D eigenvalue weighted by Gasteiger charge is -2.14. The lowest BCUT2D eigenvalue weighted by molar-refractivity contribution is -0.143. The van der Waals surface area contributed by atoms with Crippen molar-refractivity contribution in [3.63, 3.8) is 0 Å². The van der Waals surface area contributed by atoms with Crippen LogP contribution in [-0.2, 0) is 14.3 Å². The molecule has 0 aliphatic heterocycles. The van der Waals surface area contributed by atoms with Gasteiger partial charge in [0.2, 0.25) is 5.91 Å². The molecule has 0 spiro atoms. The molecule has 1 aromatic carbocycles. The fraction of sp³-hybridized carbons (Fsp3) is 0.467. The number of ether oxygens (including phenoxy) is 1. The van der Waals surface area contributed by atoms with Crippen molar-refractivity contribution in [3.8, 4) is 0 Å². The highest BCUT2D eigenvalue weighted by Gasteiger charge is 2.29. The van der Waals surface area contributed by atoms with E-state index in [1.54, 1.807) is 13.8 Å². The van der Waals surface area contributed by atoms with Gasteiger partial charge in [0.05, 0.1) is 6.61 Å². The Balaban J connectivity index is 1.94. The zero-order valence-corrected chi connectivity index (χ0v) is 11.8. The Morgan fingerprint density at radius 1 is 1.35 bits per heavy atom. The van der Waals surface area contributed by atoms with Gasteiger partial charge in [0.1, 0.15) is 6.04 Å². The fourth-order valence-electron chi connectivity index (χ4n) is 1.85. The maximum Gasteiger partial charge on any atom is 0.328 e. The zero-order chi connectivity index (χ0) is 14.5. The number of rotatable bonds is 6. The summed E-state index contributed by atoms with van der Waals surface area (Å²) in [5.41, 5.74) is 1.52. The number of nitrogens with one attached hydrogen (secondary N) is 2. The van der Waals surface area contributed by atoms with Gasteiger partial charge >= 0.3 is 5.97 Å². The quantitative estimate of drug-likeness (QED) is 0.783. The van der Waals surface area contributed by atoms with Crippen LogP contribution in [0.25, 0.3) is 0 Å². The number of hydrogen-bond donors (Lipinski definition) is 2. The van der Waals surface area contributed by atoms with Crippen LogP contribution >= 0.6 is 0 Å². The van der Waals surface area contributed by atoms with Crippen LogP contribution in [0, 0.1) is 5.92 Å². The van der Waals surface area contributed by atoms with E-state index in [0.29, 0.717) is 6.61 Å². The highest BCUT2D eigenvalue weighted by molar-refractivity contribution is 5.94. The van der Waals surface area contributed by atoms with E-state index in [4.69, 9.17) is 4.74 Å². The summed E-state index contributed by atoms with van der Waals surface area (Å²) in [6, 6.07) is 6.91. The van der Waals surface area contributed by atoms with Gasteiger partial charge in [0, 0.05) is 17.3 Å². The maximum atomic E-state index is 11.7. The molecule has 5 heteroatoms. The van der Waals surface area contributed by atoms with Gasteiger partial charge in [0.25, 0.3) is 0 Å². The van der Waals surface area contributed by atoms with Gasteiger partial charge in [0.15, 0.2) is 0 Å². The lowest BCUT2D eigenvalue weighted by atomic mass is 10.2. The largest absolute Gasteiger partial charge is 0.464 e. The summed E-state index contributed by atoms with van der Waals surface area (Å²) in [6.07, 6.45) is 1.95. The molecule has 0 heterocycles. The molecule has 5 nitrogen and oxygen atoms in total. The van der Waals surface area contributed by atoms with Gasteiger partial charge in [-0.15, -0.1) is 0 Å². The minimum absolute atomic E-state index is 0.0700. The number of benzene rings is 1. The van der Waals surface area contributed by atoms with Crippen molar-refractivity contribution in [2.45, 2.75) is 32.7 Å². The number of carbonyl (C=O) groups is 2. The van der Waals surface area contributed by atoms with Gasteiger partial charge in [-0.1, -0.05) is 6.07 Å². The van der Waals surface area contributed by atoms with Crippen molar-refractivity contribution in [2.75, 3.05) is 17.2 Å². The van der Waals surface area contributed by atoms with Crippen molar-refractivity contribution in [1.29, 1.82) is 0 Å². The Hall–Kier alpha value is -2.04. The van der Waals surface area contributed by atoms with Crippen molar-refractivity contribution in [1.82, 2.24) is 0 Å². The Morgan fingerprint density at radius 2 is 2.05 bits per heavy atom. The predicted molar refractivity (Wildman–Crippen MR) is 77.5 cm³/mol. The van der Waals surface area contributed by atoms with E-state index < -0.39 is 6.04 Å². The second-order valence-electron chi connectivity index (χ2n) is 4.96. The number of hydrogen-bond acceptors (Lipinski definition) is 4. The average molecular weight is 276 g/mol. The van der Waals surface area contributed by atoms with E-state index in [9.17, 15) is 9.59 Å². The molecule has 1 saturated carbocycles. The van der Waals surface area contributed by atoms with E-state index in [-0.39, 0.29) is 17.8 Å². The van der Waals surface area contributed by atoms with E-state index in [2.05, 4.69) is 10.6 Å². The maximum absolute atomic E-state index is 11.7. The molecule has 0 saturated heterocycles. The van der Waals surface area contributed by atoms with Crippen molar-refractivity contribution < 1.29 is 14.3 Å². The number of esters is 1. The molecule has 1 fully saturated rings. The highest BCUT2D eigenvalue weighted by Crippen LogP contribution is 2.30. The molecule has 1 amide bonds. The molecule has 108 valence electrons. The van der Waals surface area contributed by atoms with Gasteiger partial charge in [-0.2, -0.15) is 0 Å². The number of amides is 1. The molecule has 1 aliphatic carbocycles. The van der Waals surface area contributed by atoms with Crippen LogP contribution in [0.3, 0.4) is 0 Å². The molecule has 0 aromatic heterocycles. The minimum atomic E-state index is -0.427. The molecule has 0 bridgehead atoms. The van der Waals surface area contributed by atoms with E-state index in [0.717, 1.165) is 24.2 Å². The second-order valence-corrected chi connectivity index (χ2v) is 4.96. The van der Waals surface area contributed by atoms with Crippen LogP contribution in [0.5, 0.6) is 0 Å². The van der Waals surface area contributed by atoms with Crippen LogP contribution in [0.1, 0.15) is 26.7 Å². The molecular formula is C15H20N2O3. The van der Waals surface area contributed by atoms with Crippen LogP contribution in [0.15, 0.2) is 24.3 Å². The van der Waals surface area contributed by atoms with Gasteiger partial charge in [-0.25, -0.2) is 4.79 Å². The first-order valence-electron chi connectivity index (χ1n) is 6.94. The highest BCUT2D eigenvalue weighted by atomic mass is 16.5. The lowest BCUT2D eigenvalue weighted by Crippen LogP contribution is -2.28. The zero-order valence-electron chi connectivity index (χ0n) is 11.8. The van der Waals surface area contributed by atoms with Gasteiger partial charge in [-0.3, -0.25) is 4.79 Å². The standard InChI is InChI=1S/C15H20N2O3/c1-3-20-15(19)10(2)16-12-5-4-6-13(9-12)17-14(18)11-7-8-11/h4-6,9-11,16H,3,7-8H2,1-2H3,(H,17,18)/t10-/m1/s1. The first-order valence-corrected chi connectivity index (χ1v) is 6.94. The van der Waals surface area contributed by atoms with Crippen LogP contribution in [0.4, 0.5) is 11.4 Å². The Labute approximate surface area is 118 Å². The smallest absolute Gasteiger partial charge is 0.328 e. The Morgan fingerprint density at radius 3 is 2.70 bits per heavy atom. The summed E-state index contributed by atoms with van der Waals surface area (Å²) in [5, 5.41) is 5.94. The third kappa shape index (κ3) is 3.98. The molecule has 20 heavy (non-hydrogen) atoms. The van der Waals surface area contributed by atoms with Crippen LogP contribution in [0.2, 0.25) is 0 Å². The first-order chi connectivity index (χ1) is 9.60. The third-order valence-corrected chi connectivity index (χ3v) is 3.10. The third-order valence-electron chi connectivity index (χ3n) is 3.10. The summed E-state index contributed by atoms with van der Waals surface area (Å²) < 4.78 is 4.94. The van der Waals surface area contributed by atoms with Crippen LogP contribution < -0.4 is 10.6 Å². The predicted octanol–water partition coefficient (Wildman–Crippen LogP) is 2.40. The second kappa shape index (κ2) is 6.41. The van der Waals surface area contributed by atoms with Crippen LogP contribution in [-0.4, -0.2) is 24.5 Å². The molecule has 2 N–H and O–H groups in total. The molecule has 0 unspecified atom stereocenters. The SMILES string of the molecule is CCOC(=O)[C@@H](C)Nc1cccc(NC(=O)C2CC2)c1. The van der Waals surface area contributed by atoms with Gasteiger partial charge in [-0.05, 0) is 44.9 Å². The van der Waals surface area contributed by atoms with Crippen molar-refractivity contribution in [3.05, 3.63) is 24.3 Å². The topological polar surface area (TPSA) is 67.4 Å².